The van der Waals surface area contributed by atoms with Crippen molar-refractivity contribution in [1.82, 2.24) is 10.6 Å². The second-order valence-electron chi connectivity index (χ2n) is 6.20. The number of rotatable bonds is 9. The third kappa shape index (κ3) is 8.83. The van der Waals surface area contributed by atoms with Crippen LogP contribution in [-0.2, 0) is 19.1 Å². The Morgan fingerprint density at radius 1 is 1.07 bits per heavy atom. The number of ether oxygens (including phenoxy) is 1. The molecule has 0 saturated heterocycles. The van der Waals surface area contributed by atoms with E-state index < -0.39 is 17.9 Å². The van der Waals surface area contributed by atoms with Crippen molar-refractivity contribution in [3.05, 3.63) is 29.8 Å². The van der Waals surface area contributed by atoms with Gasteiger partial charge in [-0.05, 0) is 30.2 Å². The fourth-order valence-corrected chi connectivity index (χ4v) is 1.98. The number of nitrogens with two attached hydrogens (primary N) is 1. The third-order valence-electron chi connectivity index (χ3n) is 3.72. The fourth-order valence-electron chi connectivity index (χ4n) is 1.98. The van der Waals surface area contributed by atoms with Crippen molar-refractivity contribution in [3.8, 4) is 0 Å². The molecule has 3 amide bonds. The van der Waals surface area contributed by atoms with Crippen LogP contribution < -0.4 is 21.7 Å². The lowest BCUT2D eigenvalue weighted by Crippen LogP contribution is -2.46. The van der Waals surface area contributed by atoms with Crippen molar-refractivity contribution in [1.29, 1.82) is 0 Å². The molecule has 0 aromatic heterocycles. The summed E-state index contributed by atoms with van der Waals surface area (Å²) in [6, 6.07) is 5.53. The largest absolute Gasteiger partial charge is 0.469 e. The van der Waals surface area contributed by atoms with E-state index in [2.05, 4.69) is 20.7 Å². The molecule has 0 radical (unpaired) electrons. The molecule has 5 N–H and O–H groups in total. The van der Waals surface area contributed by atoms with Gasteiger partial charge in [-0.2, -0.15) is 0 Å². The number of methoxy groups -OCH3 is 1. The molecule has 0 fully saturated rings. The Hall–Kier alpha value is -2.65. The van der Waals surface area contributed by atoms with Crippen LogP contribution in [0.2, 0.25) is 0 Å². The number of esters is 1. The molecule has 28 heavy (non-hydrogen) atoms. The highest BCUT2D eigenvalue weighted by Crippen LogP contribution is 2.09. The Bertz CT molecular complexity index is 679. The van der Waals surface area contributed by atoms with Gasteiger partial charge in [0.2, 0.25) is 11.8 Å². The maximum Gasteiger partial charge on any atom is 0.307 e. The van der Waals surface area contributed by atoms with Gasteiger partial charge in [-0.25, -0.2) is 0 Å². The van der Waals surface area contributed by atoms with Crippen molar-refractivity contribution in [3.63, 3.8) is 0 Å². The molecule has 10 heteroatoms. The highest BCUT2D eigenvalue weighted by atomic mass is 35.5. The number of carbonyl (C=O) groups excluding carboxylic acids is 4. The Labute approximate surface area is 170 Å². The number of benzene rings is 1. The molecule has 0 saturated carbocycles. The molecule has 0 unspecified atom stereocenters. The first-order valence-corrected chi connectivity index (χ1v) is 8.52. The second kappa shape index (κ2) is 12.7. The Morgan fingerprint density at radius 3 is 2.21 bits per heavy atom. The number of anilines is 1. The summed E-state index contributed by atoms with van der Waals surface area (Å²) in [5, 5.41) is 7.67. The second-order valence-corrected chi connectivity index (χ2v) is 6.20. The van der Waals surface area contributed by atoms with E-state index in [4.69, 9.17) is 5.73 Å². The van der Waals surface area contributed by atoms with Crippen molar-refractivity contribution in [2.45, 2.75) is 26.3 Å². The first-order chi connectivity index (χ1) is 12.7. The van der Waals surface area contributed by atoms with Crippen molar-refractivity contribution in [2.24, 2.45) is 11.7 Å². The lowest BCUT2D eigenvalue weighted by molar-refractivity contribution is -0.140. The van der Waals surface area contributed by atoms with Crippen molar-refractivity contribution in [2.75, 3.05) is 25.5 Å². The SMILES string of the molecule is COC(=O)CCNC(=O)c1ccc(NC(=O)CNC(=O)[C@@H](N)C(C)C)cc1.Cl. The van der Waals surface area contributed by atoms with Crippen molar-refractivity contribution >= 4 is 41.8 Å². The average molecular weight is 415 g/mol. The normalized spacial score (nSPS) is 11.0. The van der Waals surface area contributed by atoms with Crippen molar-refractivity contribution < 1.29 is 23.9 Å². The lowest BCUT2D eigenvalue weighted by Gasteiger charge is -2.15. The van der Waals surface area contributed by atoms with Crippen LogP contribution in [0.3, 0.4) is 0 Å². The molecule has 156 valence electrons. The fraction of sp³-hybridized carbons (Fsp3) is 0.444. The Morgan fingerprint density at radius 2 is 1.68 bits per heavy atom. The first-order valence-electron chi connectivity index (χ1n) is 8.52. The number of nitrogens with one attached hydrogen (secondary N) is 3. The van der Waals surface area contributed by atoms with Crippen LogP contribution in [0.1, 0.15) is 30.6 Å². The zero-order valence-electron chi connectivity index (χ0n) is 16.1. The van der Waals surface area contributed by atoms with E-state index in [0.717, 1.165) is 0 Å². The van der Waals surface area contributed by atoms with E-state index in [1.807, 2.05) is 13.8 Å². The molecule has 1 aromatic carbocycles. The lowest BCUT2D eigenvalue weighted by atomic mass is 10.1. The molecular formula is C18H27ClN4O5. The zero-order chi connectivity index (χ0) is 20.4. The van der Waals surface area contributed by atoms with Gasteiger partial charge in [0, 0.05) is 17.8 Å². The van der Waals surface area contributed by atoms with E-state index in [0.29, 0.717) is 11.3 Å². The molecule has 0 heterocycles. The van der Waals surface area contributed by atoms with E-state index >= 15 is 0 Å². The molecule has 1 atom stereocenters. The van der Waals surface area contributed by atoms with Gasteiger partial charge in [-0.15, -0.1) is 12.4 Å². The smallest absolute Gasteiger partial charge is 0.307 e. The minimum absolute atomic E-state index is 0. The average Bonchev–Trinajstić information content (AvgIpc) is 2.65. The summed E-state index contributed by atoms with van der Waals surface area (Å²) >= 11 is 0. The summed E-state index contributed by atoms with van der Waals surface area (Å²) in [5.74, 6) is -1.57. The minimum atomic E-state index is -0.672. The highest BCUT2D eigenvalue weighted by Gasteiger charge is 2.17. The maximum absolute atomic E-state index is 11.9. The Kier molecular flexibility index (Phi) is 11.5. The van der Waals surface area contributed by atoms with Crippen LogP contribution in [0.4, 0.5) is 5.69 Å². The predicted molar refractivity (Wildman–Crippen MR) is 107 cm³/mol. The van der Waals surface area contributed by atoms with E-state index in [1.165, 1.54) is 19.2 Å². The van der Waals surface area contributed by atoms with Gasteiger partial charge in [0.05, 0.1) is 26.1 Å². The van der Waals surface area contributed by atoms with Gasteiger partial charge in [0.15, 0.2) is 0 Å². The summed E-state index contributed by atoms with van der Waals surface area (Å²) in [6.45, 7) is 3.60. The number of halogens is 1. The van der Waals surface area contributed by atoms with Crippen LogP contribution in [0.5, 0.6) is 0 Å². The zero-order valence-corrected chi connectivity index (χ0v) is 16.9. The summed E-state index contributed by atoms with van der Waals surface area (Å²) in [5.41, 5.74) is 6.56. The van der Waals surface area contributed by atoms with E-state index in [1.54, 1.807) is 12.1 Å². The molecular weight excluding hydrogens is 388 g/mol. The molecule has 1 rings (SSSR count). The first kappa shape index (κ1) is 25.4. The molecule has 9 nitrogen and oxygen atoms in total. The molecule has 0 bridgehead atoms. The molecule has 0 spiro atoms. The quantitative estimate of drug-likeness (QED) is 0.432. The minimum Gasteiger partial charge on any atom is -0.469 e. The summed E-state index contributed by atoms with van der Waals surface area (Å²) in [7, 11) is 1.28. The third-order valence-corrected chi connectivity index (χ3v) is 3.72. The van der Waals surface area contributed by atoms with Crippen LogP contribution in [0, 0.1) is 5.92 Å². The maximum atomic E-state index is 11.9. The summed E-state index contributed by atoms with van der Waals surface area (Å²) in [4.78, 5) is 46.5. The number of amides is 3. The van der Waals surface area contributed by atoms with Gasteiger partial charge in [0.1, 0.15) is 0 Å². The van der Waals surface area contributed by atoms with Gasteiger partial charge < -0.3 is 26.4 Å². The number of hydrogen-bond acceptors (Lipinski definition) is 6. The highest BCUT2D eigenvalue weighted by molar-refractivity contribution is 5.97. The molecule has 0 aliphatic rings. The topological polar surface area (TPSA) is 140 Å². The summed E-state index contributed by atoms with van der Waals surface area (Å²) < 4.78 is 4.49. The number of hydrogen-bond donors (Lipinski definition) is 4. The van der Waals surface area contributed by atoms with Crippen LogP contribution in [-0.4, -0.2) is 49.9 Å². The standard InChI is InChI=1S/C18H26N4O5.ClH/c1-11(2)16(19)18(26)21-10-14(23)22-13-6-4-12(5-7-13)17(25)20-9-8-15(24)27-3;/h4-7,11,16H,8-10,19H2,1-3H3,(H,20,25)(H,21,26)(H,22,23);1H/t16-;/m0./s1. The van der Waals surface area contributed by atoms with Crippen LogP contribution in [0.15, 0.2) is 24.3 Å². The molecule has 0 aliphatic heterocycles. The monoisotopic (exact) mass is 414 g/mol. The van der Waals surface area contributed by atoms with Gasteiger partial charge in [-0.3, -0.25) is 19.2 Å². The van der Waals surface area contributed by atoms with Gasteiger partial charge in [0.25, 0.3) is 5.91 Å². The predicted octanol–water partition coefficient (Wildman–Crippen LogP) is 0.439. The summed E-state index contributed by atoms with van der Waals surface area (Å²) in [6.07, 6.45) is 0.0859. The number of carbonyl (C=O) groups is 4. The van der Waals surface area contributed by atoms with Crippen LogP contribution >= 0.6 is 12.4 Å². The van der Waals surface area contributed by atoms with E-state index in [-0.39, 0.29) is 49.6 Å². The Balaban J connectivity index is 0.00000729. The van der Waals surface area contributed by atoms with E-state index in [9.17, 15) is 19.2 Å². The van der Waals surface area contributed by atoms with Gasteiger partial charge >= 0.3 is 5.97 Å². The van der Waals surface area contributed by atoms with Crippen LogP contribution in [0.25, 0.3) is 0 Å². The molecule has 1 aromatic rings. The molecule has 0 aliphatic carbocycles. The van der Waals surface area contributed by atoms with Gasteiger partial charge in [-0.1, -0.05) is 13.8 Å².